The summed E-state index contributed by atoms with van der Waals surface area (Å²) in [6, 6.07) is 21.6. The van der Waals surface area contributed by atoms with Crippen LogP contribution in [0.1, 0.15) is 34.7 Å². The number of carboxylic acid groups (broad SMARTS) is 1. The molecule has 4 N–H and O–H groups in total. The number of aliphatic carboxylic acids is 1. The van der Waals surface area contributed by atoms with Gasteiger partial charge < -0.3 is 10.1 Å². The van der Waals surface area contributed by atoms with Crippen molar-refractivity contribution in [2.45, 2.75) is 35.2 Å². The van der Waals surface area contributed by atoms with Gasteiger partial charge in [-0.2, -0.15) is 13.2 Å². The number of H-pyrrole nitrogens is 1. The van der Waals surface area contributed by atoms with Crippen molar-refractivity contribution in [2.24, 2.45) is 0 Å². The Morgan fingerprint density at radius 3 is 2.17 bits per heavy atom. The van der Waals surface area contributed by atoms with Crippen LogP contribution >= 0.6 is 0 Å². The van der Waals surface area contributed by atoms with Crippen molar-refractivity contribution in [1.82, 2.24) is 19.4 Å². The number of hydrogen-bond donors (Lipinski definition) is 4. The zero-order valence-corrected chi connectivity index (χ0v) is 23.0. The fraction of sp³-hybridized carbons (Fsp3) is 0.192. The standard InChI is InChI=1S/C24H22N4O5S2.C2HF3O2/c29-23-15-22(35(32,33)28-23)17-12-10-16(11-13-17)14-21(24-25-19-8-4-5-9-20(19)26-24)27-34(30,31)18-6-2-1-3-7-18;3-2(4,5)1(6)7/h1-13,21-22,27H,14-15H2,(H,25,26)(H,28,29);(H,6,7)/t21-,22?;/m0./s1. The first-order valence-electron chi connectivity index (χ1n) is 12.1. The molecule has 11 nitrogen and oxygen atoms in total. The number of rotatable bonds is 7. The van der Waals surface area contributed by atoms with E-state index >= 15 is 0 Å². The van der Waals surface area contributed by atoms with Crippen molar-refractivity contribution in [2.75, 3.05) is 0 Å². The van der Waals surface area contributed by atoms with Crippen LogP contribution in [-0.4, -0.2) is 50.0 Å². The maximum absolute atomic E-state index is 13.1. The molecule has 1 aromatic heterocycles. The molecular weight excluding hydrogens is 601 g/mol. The number of halogens is 3. The van der Waals surface area contributed by atoms with E-state index in [2.05, 4.69) is 14.7 Å². The second-order valence-electron chi connectivity index (χ2n) is 9.14. The number of para-hydroxylation sites is 2. The average molecular weight is 625 g/mol. The van der Waals surface area contributed by atoms with Gasteiger partial charge in [-0.25, -0.2) is 31.3 Å². The van der Waals surface area contributed by atoms with Gasteiger partial charge in [-0.15, -0.1) is 0 Å². The lowest BCUT2D eigenvalue weighted by molar-refractivity contribution is -0.192. The van der Waals surface area contributed by atoms with Gasteiger partial charge in [0.2, 0.25) is 26.0 Å². The van der Waals surface area contributed by atoms with E-state index in [9.17, 15) is 34.8 Å². The van der Waals surface area contributed by atoms with Crippen LogP contribution in [0.2, 0.25) is 0 Å². The minimum Gasteiger partial charge on any atom is -0.475 e. The summed E-state index contributed by atoms with van der Waals surface area (Å²) >= 11 is 0. The summed E-state index contributed by atoms with van der Waals surface area (Å²) in [6.07, 6.45) is -4.94. The van der Waals surface area contributed by atoms with E-state index in [0.29, 0.717) is 16.9 Å². The molecule has 0 aliphatic carbocycles. The van der Waals surface area contributed by atoms with Crippen molar-refractivity contribution in [1.29, 1.82) is 0 Å². The van der Waals surface area contributed by atoms with Crippen LogP contribution in [0, 0.1) is 0 Å². The Labute approximate surface area is 237 Å². The molecule has 16 heteroatoms. The Kier molecular flexibility index (Phi) is 8.70. The third-order valence-electron chi connectivity index (χ3n) is 6.12. The van der Waals surface area contributed by atoms with Crippen molar-refractivity contribution in [3.63, 3.8) is 0 Å². The van der Waals surface area contributed by atoms with E-state index in [1.165, 1.54) is 12.1 Å². The zero-order chi connectivity index (χ0) is 30.7. The number of aromatic amines is 1. The summed E-state index contributed by atoms with van der Waals surface area (Å²) in [5.41, 5.74) is 2.76. The highest BCUT2D eigenvalue weighted by atomic mass is 32.2. The molecule has 5 rings (SSSR count). The molecule has 0 radical (unpaired) electrons. The number of fused-ring (bicyclic) bond motifs is 1. The molecule has 0 spiro atoms. The van der Waals surface area contributed by atoms with Gasteiger partial charge in [-0.3, -0.25) is 9.52 Å². The number of carbonyl (C=O) groups is 2. The largest absolute Gasteiger partial charge is 0.490 e. The van der Waals surface area contributed by atoms with E-state index in [1.807, 2.05) is 29.0 Å². The average Bonchev–Trinajstić information content (AvgIpc) is 3.48. The predicted octanol–water partition coefficient (Wildman–Crippen LogP) is 3.35. The fourth-order valence-electron chi connectivity index (χ4n) is 4.14. The number of imidazole rings is 1. The van der Waals surface area contributed by atoms with Crippen LogP contribution in [0.4, 0.5) is 13.2 Å². The molecule has 1 aliphatic heterocycles. The van der Waals surface area contributed by atoms with E-state index < -0.39 is 49.4 Å². The summed E-state index contributed by atoms with van der Waals surface area (Å²) in [7, 11) is -7.59. The number of carboxylic acids is 1. The Hall–Kier alpha value is -4.28. The normalized spacial score (nSPS) is 17.2. The van der Waals surface area contributed by atoms with Gasteiger partial charge in [0.05, 0.1) is 28.4 Å². The number of carbonyl (C=O) groups excluding carboxylic acids is 1. The van der Waals surface area contributed by atoms with Gasteiger partial charge in [-0.1, -0.05) is 54.6 Å². The second kappa shape index (κ2) is 11.9. The molecule has 2 atom stereocenters. The smallest absolute Gasteiger partial charge is 0.475 e. The van der Waals surface area contributed by atoms with Crippen molar-refractivity contribution in [3.8, 4) is 0 Å². The predicted molar refractivity (Wildman–Crippen MR) is 144 cm³/mol. The molecule has 222 valence electrons. The first-order valence-corrected chi connectivity index (χ1v) is 15.1. The lowest BCUT2D eigenvalue weighted by atomic mass is 10.0. The van der Waals surface area contributed by atoms with Crippen LogP contribution in [0.15, 0.2) is 83.8 Å². The SMILES string of the molecule is O=C(O)C(F)(F)F.O=C1CC(c2ccc(C[C@H](NS(=O)(=O)c3ccccc3)c3nc4ccccc4[nH]3)cc2)S(=O)(=O)N1. The molecule has 3 aromatic carbocycles. The minimum absolute atomic E-state index is 0.125. The Balaban J connectivity index is 0.000000517. The Bertz CT molecular complexity index is 1780. The van der Waals surface area contributed by atoms with Gasteiger partial charge in [0.15, 0.2) is 0 Å². The van der Waals surface area contributed by atoms with Crippen LogP contribution in [0.25, 0.3) is 11.0 Å². The quantitative estimate of drug-likeness (QED) is 0.242. The van der Waals surface area contributed by atoms with Gasteiger partial charge in [0.1, 0.15) is 11.1 Å². The number of hydrogen-bond acceptors (Lipinski definition) is 7. The summed E-state index contributed by atoms with van der Waals surface area (Å²) in [6.45, 7) is 0. The summed E-state index contributed by atoms with van der Waals surface area (Å²) in [5.74, 6) is -2.82. The van der Waals surface area contributed by atoms with Gasteiger partial charge >= 0.3 is 12.1 Å². The fourth-order valence-corrected chi connectivity index (χ4v) is 6.79. The Morgan fingerprint density at radius 2 is 1.62 bits per heavy atom. The number of nitrogens with zero attached hydrogens (tertiary/aromatic N) is 1. The number of benzene rings is 3. The van der Waals surface area contributed by atoms with Crippen LogP contribution in [0.3, 0.4) is 0 Å². The van der Waals surface area contributed by atoms with Crippen molar-refractivity contribution < 1.29 is 44.7 Å². The monoisotopic (exact) mass is 624 g/mol. The molecule has 4 aromatic rings. The highest BCUT2D eigenvalue weighted by Gasteiger charge is 2.38. The number of nitrogens with one attached hydrogen (secondary N) is 3. The molecule has 0 bridgehead atoms. The number of amides is 1. The van der Waals surface area contributed by atoms with Gasteiger partial charge in [-0.05, 0) is 41.8 Å². The first-order chi connectivity index (χ1) is 19.7. The summed E-state index contributed by atoms with van der Waals surface area (Å²) in [4.78, 5) is 28.4. The lowest BCUT2D eigenvalue weighted by Crippen LogP contribution is -2.31. The third kappa shape index (κ3) is 7.32. The highest BCUT2D eigenvalue weighted by Crippen LogP contribution is 2.31. The van der Waals surface area contributed by atoms with E-state index in [4.69, 9.17) is 9.90 Å². The second-order valence-corrected chi connectivity index (χ2v) is 12.7. The third-order valence-corrected chi connectivity index (χ3v) is 9.31. The van der Waals surface area contributed by atoms with Crippen LogP contribution in [0.5, 0.6) is 0 Å². The lowest BCUT2D eigenvalue weighted by Gasteiger charge is -2.18. The van der Waals surface area contributed by atoms with E-state index in [1.54, 1.807) is 42.5 Å². The maximum Gasteiger partial charge on any atom is 0.490 e. The molecule has 1 saturated heterocycles. The van der Waals surface area contributed by atoms with Crippen LogP contribution < -0.4 is 9.44 Å². The van der Waals surface area contributed by atoms with E-state index in [-0.39, 0.29) is 17.7 Å². The first kappa shape index (κ1) is 30.7. The zero-order valence-electron chi connectivity index (χ0n) is 21.4. The molecule has 1 unspecified atom stereocenters. The topological polar surface area (TPSA) is 175 Å². The van der Waals surface area contributed by atoms with Crippen molar-refractivity contribution in [3.05, 3.63) is 95.8 Å². The molecule has 1 amide bonds. The van der Waals surface area contributed by atoms with Gasteiger partial charge in [0, 0.05) is 0 Å². The Morgan fingerprint density at radius 1 is 1.02 bits per heavy atom. The number of sulfonamides is 2. The van der Waals surface area contributed by atoms with Crippen molar-refractivity contribution >= 4 is 43.0 Å². The number of alkyl halides is 3. The molecule has 1 fully saturated rings. The molecule has 2 heterocycles. The van der Waals surface area contributed by atoms with E-state index in [0.717, 1.165) is 11.1 Å². The molecule has 42 heavy (non-hydrogen) atoms. The molecule has 0 saturated carbocycles. The molecule has 1 aliphatic rings. The highest BCUT2D eigenvalue weighted by molar-refractivity contribution is 7.90. The number of aromatic nitrogens is 2. The molecular formula is C26H23F3N4O7S2. The summed E-state index contributed by atoms with van der Waals surface area (Å²) < 4.78 is 87.0. The summed E-state index contributed by atoms with van der Waals surface area (Å²) in [5, 5.41) is 6.19. The van der Waals surface area contributed by atoms with Crippen LogP contribution in [-0.2, 0) is 36.1 Å². The maximum atomic E-state index is 13.1. The van der Waals surface area contributed by atoms with Gasteiger partial charge in [0.25, 0.3) is 0 Å². The minimum atomic E-state index is -5.08.